The Hall–Kier alpha value is -4.61. The second-order valence-corrected chi connectivity index (χ2v) is 21.2. The minimum absolute atomic E-state index is 0.0254. The number of amides is 4. The van der Waals surface area contributed by atoms with E-state index in [4.69, 9.17) is 4.43 Å². The Kier molecular flexibility index (Phi) is 14.7. The van der Waals surface area contributed by atoms with Crippen molar-refractivity contribution in [1.82, 2.24) is 20.9 Å². The number of nitrogens with zero attached hydrogens (tertiary/aromatic N) is 1. The number of piperidine rings is 1. The van der Waals surface area contributed by atoms with E-state index in [-0.39, 0.29) is 35.5 Å². The summed E-state index contributed by atoms with van der Waals surface area (Å²) >= 11 is 0. The van der Waals surface area contributed by atoms with Crippen LogP contribution in [-0.2, 0) is 34.8 Å². The molecule has 0 saturated carbocycles. The van der Waals surface area contributed by atoms with Gasteiger partial charge in [-0.2, -0.15) is 0 Å². The lowest BCUT2D eigenvalue weighted by Crippen LogP contribution is -2.68. The molecular weight excluding hydrogens is 733 g/mol. The van der Waals surface area contributed by atoms with Gasteiger partial charge in [-0.05, 0) is 73.3 Å². The number of unbranched alkanes of at least 4 members (excludes halogenated alkanes) is 2. The van der Waals surface area contributed by atoms with Crippen molar-refractivity contribution in [2.75, 3.05) is 6.54 Å². The average Bonchev–Trinajstić information content (AvgIpc) is 3.21. The van der Waals surface area contributed by atoms with Gasteiger partial charge in [0.15, 0.2) is 5.78 Å². The summed E-state index contributed by atoms with van der Waals surface area (Å²) in [6.45, 7) is 12.3. The van der Waals surface area contributed by atoms with Crippen molar-refractivity contribution in [3.8, 4) is 0 Å². The highest BCUT2D eigenvalue weighted by Gasteiger charge is 2.51. The summed E-state index contributed by atoms with van der Waals surface area (Å²) in [5, 5.41) is 10.8. The first-order valence-corrected chi connectivity index (χ1v) is 22.7. The summed E-state index contributed by atoms with van der Waals surface area (Å²) in [4.78, 5) is 71.3. The lowest BCUT2D eigenvalue weighted by atomic mass is 9.93. The number of hydrogen-bond acceptors (Lipinski definition) is 6. The van der Waals surface area contributed by atoms with Gasteiger partial charge in [-0.1, -0.05) is 132 Å². The third kappa shape index (κ3) is 10.3. The second-order valence-electron chi connectivity index (χ2n) is 17.0. The monoisotopic (exact) mass is 794 g/mol. The molecule has 3 aromatic rings. The van der Waals surface area contributed by atoms with E-state index in [1.807, 2.05) is 80.6 Å². The van der Waals surface area contributed by atoms with Crippen molar-refractivity contribution >= 4 is 48.1 Å². The Morgan fingerprint density at radius 2 is 1.42 bits per heavy atom. The number of Topliss-reactive ketones (excluding diaryl/α,β-unsaturated/α-hetero) is 1. The second kappa shape index (κ2) is 19.2. The minimum Gasteiger partial charge on any atom is -0.398 e. The van der Waals surface area contributed by atoms with Crippen molar-refractivity contribution in [3.05, 3.63) is 96.6 Å². The molecular formula is C46H62N4O6Si. The van der Waals surface area contributed by atoms with Crippen LogP contribution in [0.3, 0.4) is 0 Å². The van der Waals surface area contributed by atoms with E-state index in [9.17, 15) is 24.0 Å². The lowest BCUT2D eigenvalue weighted by molar-refractivity contribution is -0.147. The number of carbonyl (C=O) groups is 5. The smallest absolute Gasteiger partial charge is 0.262 e. The normalized spacial score (nSPS) is 22.9. The topological polar surface area (TPSA) is 134 Å². The van der Waals surface area contributed by atoms with Gasteiger partial charge in [-0.15, -0.1) is 0 Å². The van der Waals surface area contributed by atoms with Crippen LogP contribution in [0.4, 0.5) is 0 Å². The molecule has 0 radical (unpaired) electrons. The van der Waals surface area contributed by atoms with Gasteiger partial charge >= 0.3 is 0 Å². The molecule has 0 spiro atoms. The summed E-state index contributed by atoms with van der Waals surface area (Å²) < 4.78 is 7.04. The molecule has 0 bridgehead atoms. The first-order valence-electron chi connectivity index (χ1n) is 20.8. The molecule has 0 aromatic heterocycles. The maximum Gasteiger partial charge on any atom is 0.262 e. The lowest BCUT2D eigenvalue weighted by Gasteiger charge is -2.44. The zero-order valence-corrected chi connectivity index (χ0v) is 35.6. The molecule has 5 atom stereocenters. The molecule has 3 aromatic carbocycles. The van der Waals surface area contributed by atoms with Gasteiger partial charge in [0.05, 0.1) is 0 Å². The van der Waals surface area contributed by atoms with Crippen LogP contribution < -0.4 is 26.3 Å². The highest BCUT2D eigenvalue weighted by molar-refractivity contribution is 6.99. The molecule has 2 aliphatic heterocycles. The molecule has 0 unspecified atom stereocenters. The molecule has 2 aliphatic rings. The number of carbonyl (C=O) groups excluding carboxylic acids is 5. The number of fused-ring (bicyclic) bond motifs is 1. The summed E-state index contributed by atoms with van der Waals surface area (Å²) in [5.74, 6) is -1.53. The van der Waals surface area contributed by atoms with E-state index in [0.717, 1.165) is 28.8 Å². The van der Waals surface area contributed by atoms with Crippen LogP contribution in [0.5, 0.6) is 0 Å². The van der Waals surface area contributed by atoms with Crippen LogP contribution in [0.2, 0.25) is 5.04 Å². The minimum atomic E-state index is -2.91. The van der Waals surface area contributed by atoms with E-state index >= 15 is 0 Å². The molecule has 0 aliphatic carbocycles. The largest absolute Gasteiger partial charge is 0.398 e. The summed E-state index contributed by atoms with van der Waals surface area (Å²) in [7, 11) is -2.91. The van der Waals surface area contributed by atoms with E-state index in [2.05, 4.69) is 61.0 Å². The molecule has 2 saturated heterocycles. The first kappa shape index (κ1) is 43.5. The molecule has 2 fully saturated rings. The van der Waals surface area contributed by atoms with Crippen LogP contribution >= 0.6 is 0 Å². The zero-order chi connectivity index (χ0) is 41.2. The van der Waals surface area contributed by atoms with E-state index < -0.39 is 49.9 Å². The van der Waals surface area contributed by atoms with Crippen LogP contribution in [0.15, 0.2) is 91.0 Å². The maximum absolute atomic E-state index is 14.2. The molecule has 306 valence electrons. The Morgan fingerprint density at radius 3 is 2.00 bits per heavy atom. The van der Waals surface area contributed by atoms with Crippen LogP contribution in [0.25, 0.3) is 0 Å². The van der Waals surface area contributed by atoms with E-state index in [1.165, 1.54) is 0 Å². The van der Waals surface area contributed by atoms with Crippen molar-refractivity contribution in [1.29, 1.82) is 0 Å². The Morgan fingerprint density at radius 1 is 0.825 bits per heavy atom. The van der Waals surface area contributed by atoms with Gasteiger partial charge in [0.2, 0.25) is 23.6 Å². The van der Waals surface area contributed by atoms with Gasteiger partial charge in [0, 0.05) is 19.4 Å². The van der Waals surface area contributed by atoms with Crippen molar-refractivity contribution in [3.63, 3.8) is 0 Å². The Labute approximate surface area is 340 Å². The maximum atomic E-state index is 14.2. The molecule has 57 heavy (non-hydrogen) atoms. The van der Waals surface area contributed by atoms with Gasteiger partial charge < -0.3 is 25.3 Å². The Bertz CT molecular complexity index is 1800. The third-order valence-corrected chi connectivity index (χ3v) is 17.0. The summed E-state index contributed by atoms with van der Waals surface area (Å²) in [5.41, 5.74) is -0.435. The van der Waals surface area contributed by atoms with Crippen molar-refractivity contribution in [2.45, 2.75) is 141 Å². The first-order chi connectivity index (χ1) is 27.2. The standard InChI is InChI=1S/C46H62N4O6Si/c1-7-46(6)44(55)48-38(32-34-22-12-8-13-23-34)43(54)50-31-21-20-29-39(50)42(53)47-37(41(52)49-46)28-18-11-19-30-40(51)33(2)56-57(45(3,4)5,35-24-14-9-15-25-35)36-26-16-10-17-27-36/h8-10,12-17,22-27,33,37-39H,7,11,18-21,28-32H2,1-6H3,(H,47,53)(H,48,55)(H,49,52)/t33-,37+,38+,39-,46+/m1/s1. The van der Waals surface area contributed by atoms with Gasteiger partial charge in [0.1, 0.15) is 29.8 Å². The fraction of sp³-hybridized carbons (Fsp3) is 0.500. The fourth-order valence-electron chi connectivity index (χ4n) is 8.29. The molecule has 10 nitrogen and oxygen atoms in total. The molecule has 3 N–H and O–H groups in total. The predicted octanol–water partition coefficient (Wildman–Crippen LogP) is 5.36. The third-order valence-electron chi connectivity index (χ3n) is 11.9. The SMILES string of the molecule is CC[C@]1(C)NC(=O)[C@H](CCCCCC(=O)[C@@H](C)O[Si](c2ccccc2)(c2ccccc2)C(C)(C)C)NC(=O)[C@H]2CCCCN2C(=O)[C@H](Cc2ccccc2)NC1=O. The van der Waals surface area contributed by atoms with Gasteiger partial charge in [-0.25, -0.2) is 0 Å². The van der Waals surface area contributed by atoms with Crippen molar-refractivity contribution < 1.29 is 28.4 Å². The molecule has 2 heterocycles. The average molecular weight is 795 g/mol. The molecule has 5 rings (SSSR count). The number of benzene rings is 3. The van der Waals surface area contributed by atoms with Gasteiger partial charge in [0.25, 0.3) is 8.32 Å². The van der Waals surface area contributed by atoms with Gasteiger partial charge in [-0.3, -0.25) is 24.0 Å². The van der Waals surface area contributed by atoms with Crippen LogP contribution in [0.1, 0.15) is 105 Å². The zero-order valence-electron chi connectivity index (χ0n) is 34.6. The summed E-state index contributed by atoms with van der Waals surface area (Å²) in [6.07, 6.45) is 4.36. The van der Waals surface area contributed by atoms with Crippen LogP contribution in [-0.4, -0.2) is 78.9 Å². The highest BCUT2D eigenvalue weighted by atomic mass is 28.4. The quantitative estimate of drug-likeness (QED) is 0.149. The molecule has 11 heteroatoms. The van der Waals surface area contributed by atoms with E-state index in [0.29, 0.717) is 45.1 Å². The number of rotatable bonds is 14. The van der Waals surface area contributed by atoms with E-state index in [1.54, 1.807) is 11.8 Å². The highest BCUT2D eigenvalue weighted by Crippen LogP contribution is 2.37. The van der Waals surface area contributed by atoms with Crippen LogP contribution in [0, 0.1) is 0 Å². The molecule has 4 amide bonds. The Balaban J connectivity index is 1.26. The number of ketones is 1. The predicted molar refractivity (Wildman–Crippen MR) is 226 cm³/mol. The number of nitrogens with one attached hydrogen (secondary N) is 3. The van der Waals surface area contributed by atoms with Crippen molar-refractivity contribution in [2.24, 2.45) is 0 Å². The number of hydrogen-bond donors (Lipinski definition) is 3. The summed E-state index contributed by atoms with van der Waals surface area (Å²) in [6, 6.07) is 27.5. The fourth-order valence-corrected chi connectivity index (χ4v) is 13.0.